The van der Waals surface area contributed by atoms with Crippen molar-refractivity contribution in [2.45, 2.75) is 52.0 Å². The van der Waals surface area contributed by atoms with Crippen molar-refractivity contribution in [2.24, 2.45) is 17.6 Å². The molecule has 2 atom stereocenters. The van der Waals surface area contributed by atoms with Gasteiger partial charge in [0.05, 0.1) is 5.75 Å². The first-order valence-electron chi connectivity index (χ1n) is 6.50. The number of hydrogen-bond donors (Lipinski definition) is 2. The van der Waals surface area contributed by atoms with E-state index in [1.807, 2.05) is 13.8 Å². The van der Waals surface area contributed by atoms with E-state index in [-0.39, 0.29) is 11.7 Å². The maximum absolute atomic E-state index is 12.0. The van der Waals surface area contributed by atoms with Gasteiger partial charge in [0.15, 0.2) is 0 Å². The summed E-state index contributed by atoms with van der Waals surface area (Å²) in [5.41, 5.74) is 5.41. The first-order chi connectivity index (χ1) is 7.79. The summed E-state index contributed by atoms with van der Waals surface area (Å²) in [7, 11) is -3.20. The highest BCUT2D eigenvalue weighted by molar-refractivity contribution is 7.89. The molecule has 0 saturated heterocycles. The van der Waals surface area contributed by atoms with Gasteiger partial charge in [0.1, 0.15) is 0 Å². The van der Waals surface area contributed by atoms with Crippen LogP contribution in [0.3, 0.4) is 0 Å². The van der Waals surface area contributed by atoms with Gasteiger partial charge in [0, 0.05) is 12.1 Å². The molecule has 0 amide bonds. The first-order valence-corrected chi connectivity index (χ1v) is 8.15. The highest BCUT2D eigenvalue weighted by atomic mass is 32.2. The van der Waals surface area contributed by atoms with Crippen LogP contribution in [0.1, 0.15) is 46.5 Å². The lowest BCUT2D eigenvalue weighted by Crippen LogP contribution is -2.56. The van der Waals surface area contributed by atoms with Crippen LogP contribution in [0.2, 0.25) is 0 Å². The zero-order valence-electron chi connectivity index (χ0n) is 11.2. The molecule has 4 nitrogen and oxygen atoms in total. The minimum atomic E-state index is -3.20. The maximum Gasteiger partial charge on any atom is 0.212 e. The normalized spacial score (nSPS) is 30.8. The van der Waals surface area contributed by atoms with Crippen molar-refractivity contribution >= 4 is 10.0 Å². The van der Waals surface area contributed by atoms with Crippen LogP contribution in [0.4, 0.5) is 0 Å². The molecule has 0 aromatic rings. The molecular weight excluding hydrogens is 236 g/mol. The summed E-state index contributed by atoms with van der Waals surface area (Å²) >= 11 is 0. The third kappa shape index (κ3) is 4.56. The van der Waals surface area contributed by atoms with Crippen LogP contribution in [-0.4, -0.2) is 26.3 Å². The molecule has 0 bridgehead atoms. The van der Waals surface area contributed by atoms with E-state index in [0.717, 1.165) is 19.3 Å². The fraction of sp³-hybridized carbons (Fsp3) is 1.00. The summed E-state index contributed by atoms with van der Waals surface area (Å²) in [4.78, 5) is 0. The smallest absolute Gasteiger partial charge is 0.212 e. The SMILES string of the molecule is CC(C)CS(=O)(=O)NC1(CN)CCCC(C)C1. The molecule has 0 aromatic heterocycles. The molecular formula is C12H26N2O2S. The summed E-state index contributed by atoms with van der Waals surface area (Å²) in [5.74, 6) is 0.876. The Balaban J connectivity index is 2.74. The topological polar surface area (TPSA) is 72.2 Å². The van der Waals surface area contributed by atoms with Crippen molar-refractivity contribution in [1.82, 2.24) is 4.72 Å². The van der Waals surface area contributed by atoms with Crippen molar-refractivity contribution < 1.29 is 8.42 Å². The Morgan fingerprint density at radius 3 is 2.59 bits per heavy atom. The third-order valence-corrected chi connectivity index (χ3v) is 5.26. The summed E-state index contributed by atoms with van der Waals surface area (Å²) in [6.45, 7) is 6.39. The molecule has 0 spiro atoms. The van der Waals surface area contributed by atoms with Crippen LogP contribution >= 0.6 is 0 Å². The summed E-state index contributed by atoms with van der Waals surface area (Å²) < 4.78 is 26.9. The van der Waals surface area contributed by atoms with E-state index >= 15 is 0 Å². The minimum Gasteiger partial charge on any atom is -0.329 e. The molecule has 0 aliphatic heterocycles. The van der Waals surface area contributed by atoms with Crippen LogP contribution in [0.5, 0.6) is 0 Å². The maximum atomic E-state index is 12.0. The van der Waals surface area contributed by atoms with Crippen LogP contribution in [0.15, 0.2) is 0 Å². The molecule has 0 aromatic carbocycles. The zero-order chi connectivity index (χ0) is 13.1. The Kier molecular flexibility index (Phi) is 4.98. The number of nitrogens with one attached hydrogen (secondary N) is 1. The second-order valence-corrected chi connectivity index (χ2v) is 7.73. The Hall–Kier alpha value is -0.130. The predicted octanol–water partition coefficient (Wildman–Crippen LogP) is 1.47. The molecule has 1 aliphatic rings. The van der Waals surface area contributed by atoms with Gasteiger partial charge in [-0.05, 0) is 24.7 Å². The highest BCUT2D eigenvalue weighted by Gasteiger charge is 2.37. The summed E-state index contributed by atoms with van der Waals surface area (Å²) in [5, 5.41) is 0. The number of sulfonamides is 1. The van der Waals surface area contributed by atoms with Crippen LogP contribution < -0.4 is 10.5 Å². The van der Waals surface area contributed by atoms with Crippen molar-refractivity contribution in [1.29, 1.82) is 0 Å². The van der Waals surface area contributed by atoms with Gasteiger partial charge >= 0.3 is 0 Å². The van der Waals surface area contributed by atoms with E-state index in [0.29, 0.717) is 12.5 Å². The van der Waals surface area contributed by atoms with Crippen molar-refractivity contribution in [2.75, 3.05) is 12.3 Å². The lowest BCUT2D eigenvalue weighted by atomic mass is 9.77. The fourth-order valence-electron chi connectivity index (χ4n) is 2.79. The molecule has 17 heavy (non-hydrogen) atoms. The standard InChI is InChI=1S/C12H26N2O2S/c1-10(2)8-17(15,16)14-12(9-13)6-4-5-11(3)7-12/h10-11,14H,4-9,13H2,1-3H3. The average Bonchev–Trinajstić information content (AvgIpc) is 2.14. The fourth-order valence-corrected chi connectivity index (χ4v) is 4.68. The van der Waals surface area contributed by atoms with Crippen LogP contribution in [0, 0.1) is 11.8 Å². The van der Waals surface area contributed by atoms with E-state index in [1.165, 1.54) is 6.42 Å². The van der Waals surface area contributed by atoms with Gasteiger partial charge in [-0.25, -0.2) is 13.1 Å². The van der Waals surface area contributed by atoms with E-state index in [4.69, 9.17) is 5.73 Å². The van der Waals surface area contributed by atoms with E-state index in [9.17, 15) is 8.42 Å². The molecule has 1 fully saturated rings. The molecule has 0 radical (unpaired) electrons. The quantitative estimate of drug-likeness (QED) is 0.788. The molecule has 1 saturated carbocycles. The zero-order valence-corrected chi connectivity index (χ0v) is 12.0. The van der Waals surface area contributed by atoms with Gasteiger partial charge in [0.2, 0.25) is 10.0 Å². The van der Waals surface area contributed by atoms with Gasteiger partial charge in [-0.1, -0.05) is 33.6 Å². The Labute approximate surface area is 105 Å². The summed E-state index contributed by atoms with van der Waals surface area (Å²) in [6.07, 6.45) is 3.96. The molecule has 3 N–H and O–H groups in total. The third-order valence-electron chi connectivity index (χ3n) is 3.41. The molecule has 1 aliphatic carbocycles. The molecule has 5 heteroatoms. The predicted molar refractivity (Wildman–Crippen MR) is 71.2 cm³/mol. The number of hydrogen-bond acceptors (Lipinski definition) is 3. The largest absolute Gasteiger partial charge is 0.329 e. The molecule has 2 unspecified atom stereocenters. The highest BCUT2D eigenvalue weighted by Crippen LogP contribution is 2.32. The Morgan fingerprint density at radius 1 is 1.47 bits per heavy atom. The second kappa shape index (κ2) is 5.67. The monoisotopic (exact) mass is 262 g/mol. The van der Waals surface area contributed by atoms with Gasteiger partial charge in [-0.3, -0.25) is 0 Å². The van der Waals surface area contributed by atoms with Gasteiger partial charge in [-0.2, -0.15) is 0 Å². The first kappa shape index (κ1) is 14.9. The van der Waals surface area contributed by atoms with Crippen LogP contribution in [-0.2, 0) is 10.0 Å². The van der Waals surface area contributed by atoms with Crippen molar-refractivity contribution in [3.63, 3.8) is 0 Å². The molecule has 0 heterocycles. The molecule has 1 rings (SSSR count). The lowest BCUT2D eigenvalue weighted by molar-refractivity contribution is 0.222. The van der Waals surface area contributed by atoms with Gasteiger partial charge < -0.3 is 5.73 Å². The van der Waals surface area contributed by atoms with Gasteiger partial charge in [-0.15, -0.1) is 0 Å². The van der Waals surface area contributed by atoms with E-state index in [1.54, 1.807) is 0 Å². The second-order valence-electron chi connectivity index (χ2n) is 5.96. The Bertz CT molecular complexity index is 340. The van der Waals surface area contributed by atoms with Gasteiger partial charge in [0.25, 0.3) is 0 Å². The minimum absolute atomic E-state index is 0.142. The van der Waals surface area contributed by atoms with E-state index in [2.05, 4.69) is 11.6 Å². The van der Waals surface area contributed by atoms with Crippen LogP contribution in [0.25, 0.3) is 0 Å². The van der Waals surface area contributed by atoms with Crippen molar-refractivity contribution in [3.05, 3.63) is 0 Å². The lowest BCUT2D eigenvalue weighted by Gasteiger charge is -2.39. The number of rotatable bonds is 5. The average molecular weight is 262 g/mol. The number of nitrogens with two attached hydrogens (primary N) is 1. The van der Waals surface area contributed by atoms with E-state index < -0.39 is 15.6 Å². The van der Waals surface area contributed by atoms with Crippen molar-refractivity contribution in [3.8, 4) is 0 Å². The molecule has 102 valence electrons. The Morgan fingerprint density at radius 2 is 2.12 bits per heavy atom. The summed E-state index contributed by atoms with van der Waals surface area (Å²) in [6, 6.07) is 0.